The number of nitrogens with one attached hydrogen (secondary N) is 1. The van der Waals surface area contributed by atoms with E-state index in [0.29, 0.717) is 0 Å². The zero-order valence-corrected chi connectivity index (χ0v) is 14.4. The number of nitro groups is 1. The third kappa shape index (κ3) is 5.13. The number of rotatable bonds is 7. The monoisotopic (exact) mass is 395 g/mol. The molecule has 0 aliphatic rings. The fraction of sp³-hybridized carbons (Fsp3) is 0.176. The molecular weight excluding hydrogens is 380 g/mol. The maximum absolute atomic E-state index is 12.4. The fourth-order valence-corrected chi connectivity index (χ4v) is 2.12. The first-order chi connectivity index (χ1) is 13.2. The van der Waals surface area contributed by atoms with Crippen molar-refractivity contribution < 1.29 is 32.8 Å². The van der Waals surface area contributed by atoms with E-state index in [-0.39, 0.29) is 28.4 Å². The van der Waals surface area contributed by atoms with Crippen molar-refractivity contribution in [3.05, 3.63) is 58.1 Å². The molecule has 1 atom stereocenters. The summed E-state index contributed by atoms with van der Waals surface area (Å²) in [5, 5.41) is 13.1. The minimum atomic E-state index is -3.09. The molecule has 0 spiro atoms. The van der Waals surface area contributed by atoms with Crippen LogP contribution in [0.1, 0.15) is 17.3 Å². The number of nitro benzene ring substituents is 1. The number of carbonyl (C=O) groups excluding carboxylic acids is 2. The molecule has 0 radical (unpaired) electrons. The molecule has 2 aromatic carbocycles. The van der Waals surface area contributed by atoms with Gasteiger partial charge >= 0.3 is 12.6 Å². The van der Waals surface area contributed by atoms with Crippen LogP contribution in [0.5, 0.6) is 5.75 Å². The molecule has 11 heteroatoms. The predicted octanol–water partition coefficient (Wildman–Crippen LogP) is 2.96. The van der Waals surface area contributed by atoms with Crippen molar-refractivity contribution in [1.82, 2.24) is 0 Å². The zero-order valence-electron chi connectivity index (χ0n) is 14.4. The number of para-hydroxylation sites is 2. The average Bonchev–Trinajstić information content (AvgIpc) is 2.62. The maximum Gasteiger partial charge on any atom is 0.387 e. The Morgan fingerprint density at radius 2 is 1.89 bits per heavy atom. The molecule has 0 unspecified atom stereocenters. The number of amides is 1. The molecule has 3 N–H and O–H groups in total. The van der Waals surface area contributed by atoms with Crippen LogP contribution < -0.4 is 15.8 Å². The van der Waals surface area contributed by atoms with E-state index in [2.05, 4.69) is 10.1 Å². The van der Waals surface area contributed by atoms with Gasteiger partial charge in [-0.1, -0.05) is 12.1 Å². The van der Waals surface area contributed by atoms with E-state index in [1.165, 1.54) is 31.2 Å². The first-order valence-electron chi connectivity index (χ1n) is 7.78. The van der Waals surface area contributed by atoms with Crippen LogP contribution in [0.3, 0.4) is 0 Å². The van der Waals surface area contributed by atoms with E-state index in [1.54, 1.807) is 0 Å². The fourth-order valence-electron chi connectivity index (χ4n) is 2.12. The van der Waals surface area contributed by atoms with Crippen molar-refractivity contribution in [1.29, 1.82) is 0 Å². The second-order valence-electron chi connectivity index (χ2n) is 5.44. The summed E-state index contributed by atoms with van der Waals surface area (Å²) in [4.78, 5) is 34.5. The van der Waals surface area contributed by atoms with Gasteiger partial charge < -0.3 is 20.5 Å². The van der Waals surface area contributed by atoms with Gasteiger partial charge in [0.15, 0.2) is 6.10 Å². The van der Waals surface area contributed by atoms with Crippen LogP contribution in [-0.4, -0.2) is 29.5 Å². The quantitative estimate of drug-likeness (QED) is 0.319. The number of carbonyl (C=O) groups is 2. The largest absolute Gasteiger partial charge is 0.449 e. The number of non-ortho nitro benzene ring substituents is 1. The molecule has 0 heterocycles. The summed E-state index contributed by atoms with van der Waals surface area (Å²) in [7, 11) is 0. The van der Waals surface area contributed by atoms with Gasteiger partial charge in [-0.05, 0) is 25.1 Å². The Morgan fingerprint density at radius 3 is 2.54 bits per heavy atom. The lowest BCUT2D eigenvalue weighted by molar-refractivity contribution is -0.384. The number of ether oxygens (including phenoxy) is 2. The van der Waals surface area contributed by atoms with Gasteiger partial charge in [-0.15, -0.1) is 0 Å². The molecule has 9 nitrogen and oxygen atoms in total. The number of anilines is 2. The standard InChI is InChI=1S/C17H15F2N3O6/c1-9(15(23)21-13-4-2-3-5-14(13)28-17(18)19)27-16(24)11-8-10(22(25)26)6-7-12(11)20/h2-9,17H,20H2,1H3,(H,21,23)/t9-/m1/s1. The van der Waals surface area contributed by atoms with Gasteiger partial charge in [0.25, 0.3) is 11.6 Å². The Labute approximate surface area is 157 Å². The number of nitrogen functional groups attached to an aromatic ring is 1. The number of nitrogens with two attached hydrogens (primary N) is 1. The van der Waals surface area contributed by atoms with Crippen molar-refractivity contribution in [3.8, 4) is 5.75 Å². The lowest BCUT2D eigenvalue weighted by atomic mass is 10.1. The van der Waals surface area contributed by atoms with Crippen molar-refractivity contribution in [2.45, 2.75) is 19.6 Å². The third-order valence-corrected chi connectivity index (χ3v) is 3.48. The van der Waals surface area contributed by atoms with Crippen LogP contribution in [0.25, 0.3) is 0 Å². The van der Waals surface area contributed by atoms with Gasteiger partial charge in [0.2, 0.25) is 0 Å². The van der Waals surface area contributed by atoms with Crippen LogP contribution in [0, 0.1) is 10.1 Å². The van der Waals surface area contributed by atoms with Gasteiger partial charge in [0.05, 0.1) is 16.2 Å². The van der Waals surface area contributed by atoms with Crippen LogP contribution in [0.2, 0.25) is 0 Å². The van der Waals surface area contributed by atoms with Crippen LogP contribution in [-0.2, 0) is 9.53 Å². The number of halogens is 2. The Kier molecular flexibility index (Phi) is 6.42. The summed E-state index contributed by atoms with van der Waals surface area (Å²) in [6.07, 6.45) is -1.36. The summed E-state index contributed by atoms with van der Waals surface area (Å²) in [6.45, 7) is -1.86. The van der Waals surface area contributed by atoms with Crippen molar-refractivity contribution in [3.63, 3.8) is 0 Å². The number of hydrogen-bond acceptors (Lipinski definition) is 7. The number of benzene rings is 2. The SMILES string of the molecule is C[C@@H](OC(=O)c1cc([N+](=O)[O-])ccc1N)C(=O)Nc1ccccc1OC(F)F. The molecule has 148 valence electrons. The van der Waals surface area contributed by atoms with Crippen LogP contribution in [0.4, 0.5) is 25.8 Å². The number of esters is 1. The summed E-state index contributed by atoms with van der Waals surface area (Å²) < 4.78 is 34.1. The minimum Gasteiger partial charge on any atom is -0.449 e. The highest BCUT2D eigenvalue weighted by Gasteiger charge is 2.23. The lowest BCUT2D eigenvalue weighted by Crippen LogP contribution is -2.30. The molecular formula is C17H15F2N3O6. The van der Waals surface area contributed by atoms with Crippen molar-refractivity contribution >= 4 is 28.9 Å². The number of alkyl halides is 2. The Bertz CT molecular complexity index is 906. The summed E-state index contributed by atoms with van der Waals surface area (Å²) >= 11 is 0. The van der Waals surface area contributed by atoms with Gasteiger partial charge in [0, 0.05) is 17.8 Å². The molecule has 2 aromatic rings. The molecule has 0 bridgehead atoms. The Balaban J connectivity index is 2.10. The van der Waals surface area contributed by atoms with Crippen LogP contribution >= 0.6 is 0 Å². The van der Waals surface area contributed by atoms with E-state index in [1.807, 2.05) is 0 Å². The molecule has 0 aliphatic heterocycles. The van der Waals surface area contributed by atoms with E-state index >= 15 is 0 Å². The highest BCUT2D eigenvalue weighted by Crippen LogP contribution is 2.26. The highest BCUT2D eigenvalue weighted by molar-refractivity contribution is 6.00. The topological polar surface area (TPSA) is 134 Å². The van der Waals surface area contributed by atoms with Gasteiger partial charge in [-0.25, -0.2) is 4.79 Å². The number of nitrogens with zero attached hydrogens (tertiary/aromatic N) is 1. The molecule has 0 aliphatic carbocycles. The van der Waals surface area contributed by atoms with Crippen LogP contribution in [0.15, 0.2) is 42.5 Å². The Hall–Kier alpha value is -3.76. The molecule has 0 aromatic heterocycles. The molecule has 0 fully saturated rings. The molecule has 0 saturated carbocycles. The summed E-state index contributed by atoms with van der Waals surface area (Å²) in [5.74, 6) is -2.16. The normalized spacial score (nSPS) is 11.6. The molecule has 2 rings (SSSR count). The van der Waals surface area contributed by atoms with Gasteiger partial charge in [-0.3, -0.25) is 14.9 Å². The molecule has 28 heavy (non-hydrogen) atoms. The Morgan fingerprint density at radius 1 is 1.21 bits per heavy atom. The van der Waals surface area contributed by atoms with E-state index in [4.69, 9.17) is 10.5 Å². The van der Waals surface area contributed by atoms with Crippen molar-refractivity contribution in [2.75, 3.05) is 11.1 Å². The summed E-state index contributed by atoms with van der Waals surface area (Å²) in [5.41, 5.74) is 4.84. The first kappa shape index (κ1) is 20.6. The van der Waals surface area contributed by atoms with Crippen molar-refractivity contribution in [2.24, 2.45) is 0 Å². The second-order valence-corrected chi connectivity index (χ2v) is 5.44. The zero-order chi connectivity index (χ0) is 20.8. The summed E-state index contributed by atoms with van der Waals surface area (Å²) in [6, 6.07) is 8.66. The minimum absolute atomic E-state index is 0.0504. The lowest BCUT2D eigenvalue weighted by Gasteiger charge is -2.16. The maximum atomic E-state index is 12.4. The third-order valence-electron chi connectivity index (χ3n) is 3.48. The number of hydrogen-bond donors (Lipinski definition) is 2. The first-order valence-corrected chi connectivity index (χ1v) is 7.78. The van der Waals surface area contributed by atoms with Gasteiger partial charge in [-0.2, -0.15) is 8.78 Å². The predicted molar refractivity (Wildman–Crippen MR) is 94.1 cm³/mol. The highest BCUT2D eigenvalue weighted by atomic mass is 19.3. The average molecular weight is 395 g/mol. The second kappa shape index (κ2) is 8.75. The van der Waals surface area contributed by atoms with E-state index in [0.717, 1.165) is 18.2 Å². The smallest absolute Gasteiger partial charge is 0.387 e. The van der Waals surface area contributed by atoms with E-state index < -0.39 is 29.5 Å². The molecule has 1 amide bonds. The molecule has 0 saturated heterocycles. The van der Waals surface area contributed by atoms with E-state index in [9.17, 15) is 28.5 Å². The van der Waals surface area contributed by atoms with Gasteiger partial charge in [0.1, 0.15) is 5.75 Å².